The van der Waals surface area contributed by atoms with Crippen LogP contribution < -0.4 is 5.32 Å². The van der Waals surface area contributed by atoms with Gasteiger partial charge in [0.15, 0.2) is 0 Å². The summed E-state index contributed by atoms with van der Waals surface area (Å²) < 4.78 is 0. The Morgan fingerprint density at radius 2 is 1.80 bits per heavy atom. The third kappa shape index (κ3) is 3.92. The lowest BCUT2D eigenvalue weighted by Crippen LogP contribution is -1.95. The summed E-state index contributed by atoms with van der Waals surface area (Å²) in [4.78, 5) is 5.85. The van der Waals surface area contributed by atoms with E-state index in [1.807, 2.05) is 36.4 Å². The van der Waals surface area contributed by atoms with E-state index in [4.69, 9.17) is 0 Å². The normalized spacial score (nSPS) is 10.7. The van der Waals surface area contributed by atoms with E-state index >= 15 is 0 Å². The van der Waals surface area contributed by atoms with Gasteiger partial charge in [-0.15, -0.1) is 16.4 Å². The number of thioether (sulfide) groups is 1. The standard InChI is InChI=1S/C19H16N4S2/c1-2-7-14(8-3-1)16-10-4-5-11-17(16)20-18-21-19(23-22-18)25-13-15-9-6-12-24-15/h1-12H,13H2,(H2,20,21,22,23). The van der Waals surface area contributed by atoms with E-state index in [1.54, 1.807) is 23.1 Å². The number of H-pyrrole nitrogens is 1. The molecule has 0 aliphatic heterocycles. The summed E-state index contributed by atoms with van der Waals surface area (Å²) in [5.74, 6) is 1.53. The number of nitrogens with one attached hydrogen (secondary N) is 2. The minimum atomic E-state index is 0.650. The summed E-state index contributed by atoms with van der Waals surface area (Å²) in [6.07, 6.45) is 0. The maximum atomic E-state index is 4.53. The van der Waals surface area contributed by atoms with Crippen molar-refractivity contribution in [1.82, 2.24) is 15.2 Å². The van der Waals surface area contributed by atoms with Crippen molar-refractivity contribution in [2.45, 2.75) is 10.9 Å². The van der Waals surface area contributed by atoms with Gasteiger partial charge in [0, 0.05) is 21.9 Å². The highest BCUT2D eigenvalue weighted by Gasteiger charge is 2.08. The van der Waals surface area contributed by atoms with Crippen molar-refractivity contribution >= 4 is 34.7 Å². The van der Waals surface area contributed by atoms with Crippen molar-refractivity contribution in [3.63, 3.8) is 0 Å². The van der Waals surface area contributed by atoms with Crippen molar-refractivity contribution < 1.29 is 0 Å². The first-order valence-corrected chi connectivity index (χ1v) is 9.74. The van der Waals surface area contributed by atoms with Crippen molar-refractivity contribution in [1.29, 1.82) is 0 Å². The first kappa shape index (κ1) is 15.9. The van der Waals surface area contributed by atoms with Crippen LogP contribution in [0.3, 0.4) is 0 Å². The Kier molecular flexibility index (Phi) is 4.81. The lowest BCUT2D eigenvalue weighted by Gasteiger charge is -2.09. The van der Waals surface area contributed by atoms with Crippen LogP contribution in [0.5, 0.6) is 0 Å². The molecule has 4 rings (SSSR count). The van der Waals surface area contributed by atoms with E-state index in [0.29, 0.717) is 5.95 Å². The average molecular weight is 364 g/mol. The Morgan fingerprint density at radius 3 is 2.64 bits per heavy atom. The van der Waals surface area contributed by atoms with Gasteiger partial charge < -0.3 is 5.32 Å². The van der Waals surface area contributed by atoms with Gasteiger partial charge >= 0.3 is 0 Å². The number of aromatic amines is 1. The van der Waals surface area contributed by atoms with Gasteiger partial charge in [0.2, 0.25) is 11.1 Å². The predicted molar refractivity (Wildman–Crippen MR) is 105 cm³/mol. The van der Waals surface area contributed by atoms with E-state index in [9.17, 15) is 0 Å². The van der Waals surface area contributed by atoms with Crippen LogP contribution in [0.2, 0.25) is 0 Å². The van der Waals surface area contributed by atoms with Gasteiger partial charge in [-0.2, -0.15) is 4.98 Å². The van der Waals surface area contributed by atoms with Crippen LogP contribution in [0.1, 0.15) is 4.88 Å². The molecule has 2 aromatic heterocycles. The summed E-state index contributed by atoms with van der Waals surface area (Å²) in [5, 5.41) is 13.4. The van der Waals surface area contributed by atoms with Gasteiger partial charge in [-0.3, -0.25) is 0 Å². The molecule has 2 N–H and O–H groups in total. The van der Waals surface area contributed by atoms with E-state index in [0.717, 1.165) is 27.7 Å². The van der Waals surface area contributed by atoms with Crippen LogP contribution in [0.25, 0.3) is 11.1 Å². The van der Waals surface area contributed by atoms with Crippen LogP contribution in [0, 0.1) is 0 Å². The summed E-state index contributed by atoms with van der Waals surface area (Å²) >= 11 is 3.38. The van der Waals surface area contributed by atoms with Gasteiger partial charge in [0.1, 0.15) is 0 Å². The van der Waals surface area contributed by atoms with Gasteiger partial charge in [-0.25, -0.2) is 5.10 Å². The quantitative estimate of drug-likeness (QED) is 0.439. The molecule has 0 radical (unpaired) electrons. The number of hydrogen-bond acceptors (Lipinski definition) is 5. The Bertz CT molecular complexity index is 933. The molecule has 124 valence electrons. The summed E-state index contributed by atoms with van der Waals surface area (Å²) in [6.45, 7) is 0. The highest BCUT2D eigenvalue weighted by molar-refractivity contribution is 7.98. The molecule has 0 aliphatic rings. The lowest BCUT2D eigenvalue weighted by molar-refractivity contribution is 0.973. The van der Waals surface area contributed by atoms with Crippen molar-refractivity contribution in [2.24, 2.45) is 0 Å². The average Bonchev–Trinajstić information content (AvgIpc) is 3.33. The number of anilines is 2. The minimum absolute atomic E-state index is 0.650. The molecular formula is C19H16N4S2. The Balaban J connectivity index is 1.50. The zero-order valence-corrected chi connectivity index (χ0v) is 15.0. The minimum Gasteiger partial charge on any atom is -0.324 e. The Labute approximate surface area is 154 Å². The largest absolute Gasteiger partial charge is 0.324 e. The number of aromatic nitrogens is 3. The molecule has 0 aliphatic carbocycles. The maximum absolute atomic E-state index is 4.53. The van der Waals surface area contributed by atoms with E-state index in [-0.39, 0.29) is 0 Å². The highest BCUT2D eigenvalue weighted by atomic mass is 32.2. The maximum Gasteiger partial charge on any atom is 0.224 e. The monoisotopic (exact) mass is 364 g/mol. The molecule has 0 saturated carbocycles. The number of para-hydroxylation sites is 1. The van der Waals surface area contributed by atoms with Crippen LogP contribution >= 0.6 is 23.1 Å². The van der Waals surface area contributed by atoms with Crippen molar-refractivity contribution in [2.75, 3.05) is 5.32 Å². The molecule has 0 atom stereocenters. The predicted octanol–water partition coefficient (Wildman–Crippen LogP) is 5.57. The van der Waals surface area contributed by atoms with Crippen molar-refractivity contribution in [3.05, 3.63) is 77.0 Å². The third-order valence-electron chi connectivity index (χ3n) is 3.65. The van der Waals surface area contributed by atoms with Gasteiger partial charge in [-0.05, 0) is 23.1 Å². The Morgan fingerprint density at radius 1 is 0.960 bits per heavy atom. The topological polar surface area (TPSA) is 53.6 Å². The molecule has 0 spiro atoms. The molecule has 2 heterocycles. The molecule has 0 unspecified atom stereocenters. The molecule has 0 fully saturated rings. The number of benzene rings is 2. The molecule has 0 amide bonds. The fraction of sp³-hybridized carbons (Fsp3) is 0.0526. The SMILES string of the molecule is c1ccc(-c2ccccc2Nc2nc(SCc3cccs3)n[nH]2)cc1. The molecular weight excluding hydrogens is 348 g/mol. The van der Waals surface area contributed by atoms with Crippen LogP contribution in [0.15, 0.2) is 77.3 Å². The zero-order chi connectivity index (χ0) is 16.9. The summed E-state index contributed by atoms with van der Waals surface area (Å²) in [7, 11) is 0. The number of rotatable bonds is 6. The smallest absolute Gasteiger partial charge is 0.224 e. The highest BCUT2D eigenvalue weighted by Crippen LogP contribution is 2.30. The molecule has 2 aromatic carbocycles. The van der Waals surface area contributed by atoms with Crippen LogP contribution in [-0.4, -0.2) is 15.2 Å². The first-order valence-electron chi connectivity index (χ1n) is 7.87. The Hall–Kier alpha value is -2.57. The summed E-state index contributed by atoms with van der Waals surface area (Å²) in [5.41, 5.74) is 3.30. The number of nitrogens with zero attached hydrogens (tertiary/aromatic N) is 2. The fourth-order valence-electron chi connectivity index (χ4n) is 2.49. The number of hydrogen-bond donors (Lipinski definition) is 2. The first-order chi connectivity index (χ1) is 12.4. The number of thiophene rings is 1. The fourth-order valence-corrected chi connectivity index (χ4v) is 4.06. The van der Waals surface area contributed by atoms with Crippen molar-refractivity contribution in [3.8, 4) is 11.1 Å². The lowest BCUT2D eigenvalue weighted by atomic mass is 10.0. The van der Waals surface area contributed by atoms with Gasteiger partial charge in [0.25, 0.3) is 0 Å². The second kappa shape index (κ2) is 7.55. The van der Waals surface area contributed by atoms with E-state index in [1.165, 1.54) is 4.88 Å². The molecule has 4 aromatic rings. The molecule has 6 heteroatoms. The molecule has 4 nitrogen and oxygen atoms in total. The van der Waals surface area contributed by atoms with E-state index < -0.39 is 0 Å². The molecule has 0 bridgehead atoms. The van der Waals surface area contributed by atoms with Crippen LogP contribution in [-0.2, 0) is 5.75 Å². The van der Waals surface area contributed by atoms with Gasteiger partial charge in [0.05, 0.1) is 0 Å². The summed E-state index contributed by atoms with van der Waals surface area (Å²) in [6, 6.07) is 22.7. The zero-order valence-electron chi connectivity index (χ0n) is 13.3. The van der Waals surface area contributed by atoms with Crippen LogP contribution in [0.4, 0.5) is 11.6 Å². The molecule has 0 saturated heterocycles. The van der Waals surface area contributed by atoms with E-state index in [2.05, 4.69) is 56.2 Å². The second-order valence-corrected chi connectivity index (χ2v) is 7.35. The third-order valence-corrected chi connectivity index (χ3v) is 5.61. The second-order valence-electron chi connectivity index (χ2n) is 5.37. The molecule has 25 heavy (non-hydrogen) atoms. The van der Waals surface area contributed by atoms with Gasteiger partial charge in [-0.1, -0.05) is 66.4 Å².